The molecule has 9 heteroatoms. The Labute approximate surface area is 198 Å². The standard InChI is InChI=1S/C24H44N2O7/c1-22(2,3)33-21(28)15-19-13-17(30-24(6,7)32-19)9-11-26-20(27)14-18-12-16(8-10-25)29-23(4,5)31-18/h16-19H,8-15,25H2,1-7H3,(H,26,27)/t16-,17-,18-,19-/m1/s1. The molecule has 4 atom stereocenters. The van der Waals surface area contributed by atoms with Gasteiger partial charge in [-0.15, -0.1) is 0 Å². The average molecular weight is 473 g/mol. The molecule has 0 unspecified atom stereocenters. The van der Waals surface area contributed by atoms with E-state index in [4.69, 9.17) is 29.4 Å². The third-order valence-electron chi connectivity index (χ3n) is 5.36. The normalized spacial score (nSPS) is 29.3. The maximum absolute atomic E-state index is 12.5. The van der Waals surface area contributed by atoms with Gasteiger partial charge >= 0.3 is 5.97 Å². The lowest BCUT2D eigenvalue weighted by Crippen LogP contribution is -2.47. The van der Waals surface area contributed by atoms with Gasteiger partial charge in [0, 0.05) is 19.4 Å². The number of ether oxygens (including phenoxy) is 5. The molecule has 0 aromatic heterocycles. The zero-order chi connectivity index (χ0) is 24.9. The third-order valence-corrected chi connectivity index (χ3v) is 5.36. The third kappa shape index (κ3) is 10.7. The summed E-state index contributed by atoms with van der Waals surface area (Å²) in [5.74, 6) is -1.89. The molecular formula is C24H44N2O7. The fourth-order valence-corrected chi connectivity index (χ4v) is 4.45. The van der Waals surface area contributed by atoms with Crippen LogP contribution >= 0.6 is 0 Å². The van der Waals surface area contributed by atoms with Crippen LogP contribution in [0.5, 0.6) is 0 Å². The molecule has 2 aliphatic rings. The highest BCUT2D eigenvalue weighted by Gasteiger charge is 2.38. The smallest absolute Gasteiger partial charge is 0.308 e. The Morgan fingerprint density at radius 2 is 1.36 bits per heavy atom. The predicted octanol–water partition coefficient (Wildman–Crippen LogP) is 2.78. The molecule has 2 rings (SSSR count). The van der Waals surface area contributed by atoms with Crippen LogP contribution in [0.15, 0.2) is 0 Å². The van der Waals surface area contributed by atoms with E-state index in [-0.39, 0.29) is 49.1 Å². The number of carbonyl (C=O) groups is 2. The van der Waals surface area contributed by atoms with Gasteiger partial charge in [-0.1, -0.05) is 0 Å². The van der Waals surface area contributed by atoms with Crippen LogP contribution in [0.25, 0.3) is 0 Å². The van der Waals surface area contributed by atoms with Gasteiger partial charge in [-0.3, -0.25) is 9.59 Å². The Kier molecular flexibility index (Phi) is 9.70. The van der Waals surface area contributed by atoms with Crippen molar-refractivity contribution < 1.29 is 33.3 Å². The first-order valence-electron chi connectivity index (χ1n) is 12.1. The highest BCUT2D eigenvalue weighted by molar-refractivity contribution is 5.76. The second-order valence-electron chi connectivity index (χ2n) is 10.9. The number of nitrogens with one attached hydrogen (secondary N) is 1. The molecule has 0 bridgehead atoms. The highest BCUT2D eigenvalue weighted by Crippen LogP contribution is 2.31. The van der Waals surface area contributed by atoms with Crippen LogP contribution in [0.4, 0.5) is 0 Å². The first kappa shape index (κ1) is 28.0. The van der Waals surface area contributed by atoms with Crippen molar-refractivity contribution in [3.05, 3.63) is 0 Å². The second kappa shape index (κ2) is 11.4. The number of hydrogen-bond acceptors (Lipinski definition) is 8. The average Bonchev–Trinajstić information content (AvgIpc) is 2.57. The molecule has 3 N–H and O–H groups in total. The van der Waals surface area contributed by atoms with Crippen LogP contribution < -0.4 is 11.1 Å². The van der Waals surface area contributed by atoms with E-state index in [1.807, 2.05) is 48.5 Å². The van der Waals surface area contributed by atoms with Gasteiger partial charge in [0.2, 0.25) is 5.91 Å². The molecule has 2 saturated heterocycles. The van der Waals surface area contributed by atoms with Gasteiger partial charge in [0.1, 0.15) is 5.60 Å². The van der Waals surface area contributed by atoms with Crippen molar-refractivity contribution in [2.45, 2.75) is 129 Å². The van der Waals surface area contributed by atoms with Crippen molar-refractivity contribution in [3.63, 3.8) is 0 Å². The van der Waals surface area contributed by atoms with E-state index >= 15 is 0 Å². The van der Waals surface area contributed by atoms with Crippen molar-refractivity contribution >= 4 is 11.9 Å². The van der Waals surface area contributed by atoms with Crippen LogP contribution in [0, 0.1) is 0 Å². The van der Waals surface area contributed by atoms with E-state index in [0.29, 0.717) is 32.4 Å². The van der Waals surface area contributed by atoms with Gasteiger partial charge in [-0.2, -0.15) is 0 Å². The first-order valence-corrected chi connectivity index (χ1v) is 12.1. The van der Waals surface area contributed by atoms with Gasteiger partial charge in [-0.25, -0.2) is 0 Å². The molecule has 0 aromatic carbocycles. The SMILES string of the molecule is CC(C)(C)OC(=O)C[C@H]1C[C@@H](CCNC(=O)C[C@H]2C[C@@H](CCN)OC(C)(C)O2)OC(C)(C)O1. The minimum Gasteiger partial charge on any atom is -0.460 e. The molecule has 1 amide bonds. The van der Waals surface area contributed by atoms with E-state index in [0.717, 1.165) is 6.42 Å². The van der Waals surface area contributed by atoms with E-state index in [2.05, 4.69) is 5.32 Å². The van der Waals surface area contributed by atoms with E-state index < -0.39 is 17.2 Å². The maximum Gasteiger partial charge on any atom is 0.308 e. The van der Waals surface area contributed by atoms with Crippen LogP contribution in [-0.4, -0.2) is 66.6 Å². The molecule has 192 valence electrons. The van der Waals surface area contributed by atoms with Crippen molar-refractivity contribution in [2.75, 3.05) is 13.1 Å². The summed E-state index contributed by atoms with van der Waals surface area (Å²) in [5, 5.41) is 2.97. The topological polar surface area (TPSA) is 118 Å². The molecule has 0 spiro atoms. The van der Waals surface area contributed by atoms with Crippen LogP contribution in [0.2, 0.25) is 0 Å². The molecule has 0 aliphatic carbocycles. The molecule has 0 aromatic rings. The number of esters is 1. The summed E-state index contributed by atoms with van der Waals surface area (Å²) in [5.41, 5.74) is 5.13. The van der Waals surface area contributed by atoms with Crippen molar-refractivity contribution in [2.24, 2.45) is 5.73 Å². The number of hydrogen-bond donors (Lipinski definition) is 2. The molecule has 9 nitrogen and oxygen atoms in total. The Morgan fingerprint density at radius 3 is 1.88 bits per heavy atom. The zero-order valence-electron chi connectivity index (χ0n) is 21.4. The number of rotatable bonds is 9. The summed E-state index contributed by atoms with van der Waals surface area (Å²) in [7, 11) is 0. The van der Waals surface area contributed by atoms with Crippen LogP contribution in [0.3, 0.4) is 0 Å². The van der Waals surface area contributed by atoms with Gasteiger partial charge in [0.25, 0.3) is 0 Å². The lowest BCUT2D eigenvalue weighted by Gasteiger charge is -2.41. The lowest BCUT2D eigenvalue weighted by molar-refractivity contribution is -0.300. The molecular weight excluding hydrogens is 428 g/mol. The Morgan fingerprint density at radius 1 is 0.879 bits per heavy atom. The van der Waals surface area contributed by atoms with Crippen LogP contribution in [0.1, 0.15) is 87.0 Å². The van der Waals surface area contributed by atoms with Gasteiger partial charge in [0.05, 0.1) is 37.3 Å². The Hall–Kier alpha value is -1.26. The fourth-order valence-electron chi connectivity index (χ4n) is 4.45. The van der Waals surface area contributed by atoms with Gasteiger partial charge in [-0.05, 0) is 67.9 Å². The van der Waals surface area contributed by atoms with Crippen molar-refractivity contribution in [1.29, 1.82) is 0 Å². The van der Waals surface area contributed by atoms with E-state index in [1.165, 1.54) is 0 Å². The number of carbonyl (C=O) groups excluding carboxylic acids is 2. The van der Waals surface area contributed by atoms with Crippen molar-refractivity contribution in [3.8, 4) is 0 Å². The molecule has 2 fully saturated rings. The number of amides is 1. The van der Waals surface area contributed by atoms with Gasteiger partial charge < -0.3 is 34.7 Å². The van der Waals surface area contributed by atoms with Crippen molar-refractivity contribution in [1.82, 2.24) is 5.32 Å². The van der Waals surface area contributed by atoms with Crippen LogP contribution in [-0.2, 0) is 33.3 Å². The monoisotopic (exact) mass is 472 g/mol. The lowest BCUT2D eigenvalue weighted by atomic mass is 10.0. The molecule has 33 heavy (non-hydrogen) atoms. The maximum atomic E-state index is 12.5. The minimum absolute atomic E-state index is 0.00340. The summed E-state index contributed by atoms with van der Waals surface area (Å²) < 4.78 is 29.1. The highest BCUT2D eigenvalue weighted by atomic mass is 16.7. The first-order chi connectivity index (χ1) is 15.2. The summed E-state index contributed by atoms with van der Waals surface area (Å²) in [6.07, 6.45) is 2.40. The largest absolute Gasteiger partial charge is 0.460 e. The predicted molar refractivity (Wildman–Crippen MR) is 123 cm³/mol. The van der Waals surface area contributed by atoms with Gasteiger partial charge in [0.15, 0.2) is 11.6 Å². The Bertz CT molecular complexity index is 660. The summed E-state index contributed by atoms with van der Waals surface area (Å²) in [6.45, 7) is 13.9. The summed E-state index contributed by atoms with van der Waals surface area (Å²) >= 11 is 0. The molecule has 0 radical (unpaired) electrons. The molecule has 2 heterocycles. The quantitative estimate of drug-likeness (QED) is 0.492. The molecule has 2 aliphatic heterocycles. The van der Waals surface area contributed by atoms with E-state index in [1.54, 1.807) is 0 Å². The Balaban J connectivity index is 1.78. The summed E-state index contributed by atoms with van der Waals surface area (Å²) in [4.78, 5) is 24.7. The zero-order valence-corrected chi connectivity index (χ0v) is 21.4. The second-order valence-corrected chi connectivity index (χ2v) is 10.9. The molecule has 0 saturated carbocycles. The summed E-state index contributed by atoms with van der Waals surface area (Å²) in [6, 6.07) is 0. The fraction of sp³-hybridized carbons (Fsp3) is 0.917. The number of nitrogens with two attached hydrogens (primary N) is 1. The minimum atomic E-state index is -0.806. The van der Waals surface area contributed by atoms with E-state index in [9.17, 15) is 9.59 Å².